The second kappa shape index (κ2) is 4.84. The van der Waals surface area contributed by atoms with Gasteiger partial charge in [0.15, 0.2) is 0 Å². The SMILES string of the molecule is C=C1C=CC=N1.FB(F)F. The molecule has 1 heterocycles. The van der Waals surface area contributed by atoms with E-state index in [0.29, 0.717) is 0 Å². The van der Waals surface area contributed by atoms with Crippen molar-refractivity contribution in [1.82, 2.24) is 0 Å². The van der Waals surface area contributed by atoms with Crippen molar-refractivity contribution in [3.63, 3.8) is 0 Å². The fourth-order valence-electron chi connectivity index (χ4n) is 0.336. The molecule has 0 amide bonds. The molecule has 0 spiro atoms. The van der Waals surface area contributed by atoms with Gasteiger partial charge in [-0.05, 0) is 12.2 Å². The third kappa shape index (κ3) is 7.00. The minimum absolute atomic E-state index is 0.843. The van der Waals surface area contributed by atoms with Crippen LogP contribution in [-0.4, -0.2) is 13.8 Å². The van der Waals surface area contributed by atoms with Gasteiger partial charge in [-0.1, -0.05) is 6.58 Å². The summed E-state index contributed by atoms with van der Waals surface area (Å²) in [6.45, 7) is 3.57. The van der Waals surface area contributed by atoms with Crippen LogP contribution in [0.4, 0.5) is 12.9 Å². The summed E-state index contributed by atoms with van der Waals surface area (Å²) in [7, 11) is -3.67. The summed E-state index contributed by atoms with van der Waals surface area (Å²) in [5, 5.41) is 0. The van der Waals surface area contributed by atoms with Gasteiger partial charge in [0, 0.05) is 6.21 Å². The molecule has 1 aliphatic heterocycles. The van der Waals surface area contributed by atoms with E-state index in [1.165, 1.54) is 0 Å². The lowest BCUT2D eigenvalue weighted by Gasteiger charge is -1.71. The molecule has 10 heavy (non-hydrogen) atoms. The molecule has 0 aromatic rings. The zero-order valence-corrected chi connectivity index (χ0v) is 5.10. The first-order valence-electron chi connectivity index (χ1n) is 2.45. The van der Waals surface area contributed by atoms with E-state index in [9.17, 15) is 12.9 Å². The maximum absolute atomic E-state index is 9.67. The Bertz CT molecular complexity index is 148. The molecule has 0 saturated carbocycles. The first-order chi connectivity index (χ1) is 4.63. The Hall–Kier alpha value is -0.995. The average molecular weight is 147 g/mol. The fraction of sp³-hybridized carbons (Fsp3) is 0. The zero-order valence-electron chi connectivity index (χ0n) is 5.10. The van der Waals surface area contributed by atoms with E-state index in [0.717, 1.165) is 5.70 Å². The summed E-state index contributed by atoms with van der Waals surface area (Å²) < 4.78 is 29.0. The van der Waals surface area contributed by atoms with Crippen molar-refractivity contribution in [2.24, 2.45) is 4.99 Å². The summed E-state index contributed by atoms with van der Waals surface area (Å²) in [5.41, 5.74) is 0.843. The van der Waals surface area contributed by atoms with Crippen LogP contribution in [0.5, 0.6) is 0 Å². The summed E-state index contributed by atoms with van der Waals surface area (Å²) in [6, 6.07) is 0. The quantitative estimate of drug-likeness (QED) is 0.464. The highest BCUT2D eigenvalue weighted by Gasteiger charge is 2.06. The van der Waals surface area contributed by atoms with Gasteiger partial charge < -0.3 is 0 Å². The normalized spacial score (nSPS) is 12.9. The molecule has 0 aromatic heterocycles. The van der Waals surface area contributed by atoms with E-state index in [2.05, 4.69) is 11.6 Å². The second-order valence-corrected chi connectivity index (χ2v) is 1.38. The minimum atomic E-state index is -3.67. The van der Waals surface area contributed by atoms with Crippen LogP contribution in [0.1, 0.15) is 0 Å². The van der Waals surface area contributed by atoms with Crippen molar-refractivity contribution in [3.05, 3.63) is 24.4 Å². The minimum Gasteiger partial charge on any atom is -0.258 e. The highest BCUT2D eigenvalue weighted by Crippen LogP contribution is 1.97. The molecule has 1 rings (SSSR count). The Kier molecular flexibility index (Phi) is 4.36. The van der Waals surface area contributed by atoms with E-state index < -0.39 is 7.54 Å². The lowest BCUT2D eigenvalue weighted by atomic mass is 10.5. The third-order valence-electron chi connectivity index (χ3n) is 0.615. The maximum atomic E-state index is 9.67. The first kappa shape index (κ1) is 9.00. The van der Waals surface area contributed by atoms with Gasteiger partial charge in [0.2, 0.25) is 0 Å². The van der Waals surface area contributed by atoms with Gasteiger partial charge in [-0.2, -0.15) is 0 Å². The van der Waals surface area contributed by atoms with Crippen molar-refractivity contribution in [2.45, 2.75) is 0 Å². The predicted molar refractivity (Wildman–Crippen MR) is 35.9 cm³/mol. The summed E-state index contributed by atoms with van der Waals surface area (Å²) in [6.07, 6.45) is 5.45. The third-order valence-corrected chi connectivity index (χ3v) is 0.615. The molecular formula is C5H5BF3N. The lowest BCUT2D eigenvalue weighted by molar-refractivity contribution is 0.535. The fourth-order valence-corrected chi connectivity index (χ4v) is 0.336. The van der Waals surface area contributed by atoms with Crippen molar-refractivity contribution in [1.29, 1.82) is 0 Å². The highest BCUT2D eigenvalue weighted by atomic mass is 19.4. The van der Waals surface area contributed by atoms with Crippen LogP contribution in [0, 0.1) is 0 Å². The Morgan fingerprint density at radius 1 is 1.40 bits per heavy atom. The van der Waals surface area contributed by atoms with Crippen LogP contribution in [-0.2, 0) is 0 Å². The van der Waals surface area contributed by atoms with Crippen molar-refractivity contribution >= 4 is 13.8 Å². The lowest BCUT2D eigenvalue weighted by Crippen LogP contribution is -1.76. The standard InChI is InChI=1S/C5H5N.BF3/c1-5-3-2-4-6-5;2-1(3)4/h2-4H,1H2;. The molecule has 0 atom stereocenters. The van der Waals surface area contributed by atoms with Gasteiger partial charge in [-0.15, -0.1) is 0 Å². The van der Waals surface area contributed by atoms with Gasteiger partial charge in [-0.3, -0.25) is 17.9 Å². The zero-order chi connectivity index (χ0) is 7.98. The van der Waals surface area contributed by atoms with Gasteiger partial charge in [0.05, 0.1) is 5.70 Å². The Morgan fingerprint density at radius 3 is 2.00 bits per heavy atom. The number of aliphatic imine (C=N–C) groups is 1. The summed E-state index contributed by atoms with van der Waals surface area (Å²) in [4.78, 5) is 3.81. The first-order valence-corrected chi connectivity index (χ1v) is 2.45. The molecule has 0 radical (unpaired) electrons. The Labute approximate surface area is 57.2 Å². The smallest absolute Gasteiger partial charge is 0.258 e. The van der Waals surface area contributed by atoms with Gasteiger partial charge in [-0.25, -0.2) is 0 Å². The van der Waals surface area contributed by atoms with Crippen LogP contribution in [0.15, 0.2) is 29.4 Å². The molecule has 0 saturated heterocycles. The Morgan fingerprint density at radius 2 is 1.90 bits per heavy atom. The maximum Gasteiger partial charge on any atom is 0.762 e. The van der Waals surface area contributed by atoms with E-state index in [1.807, 2.05) is 12.2 Å². The molecule has 1 nitrogen and oxygen atoms in total. The molecule has 5 heteroatoms. The van der Waals surface area contributed by atoms with Crippen LogP contribution in [0.25, 0.3) is 0 Å². The van der Waals surface area contributed by atoms with Crippen molar-refractivity contribution in [3.8, 4) is 0 Å². The van der Waals surface area contributed by atoms with Crippen LogP contribution in [0.3, 0.4) is 0 Å². The van der Waals surface area contributed by atoms with E-state index >= 15 is 0 Å². The van der Waals surface area contributed by atoms with Gasteiger partial charge >= 0.3 is 7.54 Å². The largest absolute Gasteiger partial charge is 0.762 e. The van der Waals surface area contributed by atoms with Gasteiger partial charge in [0.25, 0.3) is 0 Å². The monoisotopic (exact) mass is 147 g/mol. The number of hydrogen-bond acceptors (Lipinski definition) is 1. The van der Waals surface area contributed by atoms with Crippen molar-refractivity contribution in [2.75, 3.05) is 0 Å². The molecule has 1 aliphatic rings. The summed E-state index contributed by atoms with van der Waals surface area (Å²) >= 11 is 0. The second-order valence-electron chi connectivity index (χ2n) is 1.38. The molecule has 0 aromatic carbocycles. The van der Waals surface area contributed by atoms with E-state index in [-0.39, 0.29) is 0 Å². The molecular weight excluding hydrogens is 142 g/mol. The van der Waals surface area contributed by atoms with E-state index in [1.54, 1.807) is 6.21 Å². The number of hydrogen-bond donors (Lipinski definition) is 0. The molecule has 0 fully saturated rings. The number of halogens is 3. The molecule has 0 N–H and O–H groups in total. The average Bonchev–Trinajstić information content (AvgIpc) is 2.15. The molecule has 0 bridgehead atoms. The molecule has 0 unspecified atom stereocenters. The van der Waals surface area contributed by atoms with Crippen molar-refractivity contribution < 1.29 is 12.9 Å². The van der Waals surface area contributed by atoms with Gasteiger partial charge in [0.1, 0.15) is 0 Å². The predicted octanol–water partition coefficient (Wildman–Crippen LogP) is 2.02. The van der Waals surface area contributed by atoms with Crippen LogP contribution in [0.2, 0.25) is 0 Å². The number of rotatable bonds is 0. The number of allylic oxidation sites excluding steroid dienone is 2. The van der Waals surface area contributed by atoms with E-state index in [4.69, 9.17) is 0 Å². The molecule has 0 aliphatic carbocycles. The van der Waals surface area contributed by atoms with Crippen LogP contribution < -0.4 is 0 Å². The summed E-state index contributed by atoms with van der Waals surface area (Å²) in [5.74, 6) is 0. The highest BCUT2D eigenvalue weighted by molar-refractivity contribution is 6.33. The Balaban J connectivity index is 0.000000180. The van der Waals surface area contributed by atoms with Crippen LogP contribution >= 0.6 is 0 Å². The molecule has 54 valence electrons. The number of nitrogens with zero attached hydrogens (tertiary/aromatic N) is 1. The topological polar surface area (TPSA) is 12.4 Å².